The minimum absolute atomic E-state index is 0.0643. The molecule has 0 aromatic heterocycles. The van der Waals surface area contributed by atoms with Gasteiger partial charge >= 0.3 is 0 Å². The molecule has 16 heavy (non-hydrogen) atoms. The standard InChI is InChI=1S/C14H18F2/c1-11(12-5-3-2-4-6-12)13-7-9-14(15,16)10-8-13/h2-6,11,13H,7-10H2,1H3. The SMILES string of the molecule is CC(c1ccccc1)C1CCC(F)(F)CC1. The highest BCUT2D eigenvalue weighted by Gasteiger charge is 2.36. The lowest BCUT2D eigenvalue weighted by Crippen LogP contribution is -2.26. The van der Waals surface area contributed by atoms with Crippen LogP contribution in [0.1, 0.15) is 44.1 Å². The van der Waals surface area contributed by atoms with E-state index in [1.165, 1.54) is 5.56 Å². The van der Waals surface area contributed by atoms with Gasteiger partial charge in [0, 0.05) is 12.8 Å². The fourth-order valence-corrected chi connectivity index (χ4v) is 2.59. The predicted molar refractivity (Wildman–Crippen MR) is 61.8 cm³/mol. The first-order valence-electron chi connectivity index (χ1n) is 6.01. The van der Waals surface area contributed by atoms with Gasteiger partial charge < -0.3 is 0 Å². The molecule has 0 bridgehead atoms. The van der Waals surface area contributed by atoms with Crippen LogP contribution in [0.3, 0.4) is 0 Å². The first-order valence-corrected chi connectivity index (χ1v) is 6.01. The summed E-state index contributed by atoms with van der Waals surface area (Å²) in [6, 6.07) is 10.2. The summed E-state index contributed by atoms with van der Waals surface area (Å²) in [6.07, 6.45) is 1.44. The van der Waals surface area contributed by atoms with Crippen molar-refractivity contribution in [3.05, 3.63) is 35.9 Å². The van der Waals surface area contributed by atoms with Gasteiger partial charge in [-0.3, -0.25) is 0 Å². The minimum atomic E-state index is -2.41. The molecule has 0 aliphatic heterocycles. The zero-order valence-electron chi connectivity index (χ0n) is 9.63. The van der Waals surface area contributed by atoms with Gasteiger partial charge in [0.05, 0.1) is 0 Å². The lowest BCUT2D eigenvalue weighted by Gasteiger charge is -2.32. The maximum atomic E-state index is 13.0. The van der Waals surface area contributed by atoms with E-state index in [1.807, 2.05) is 18.2 Å². The zero-order valence-corrected chi connectivity index (χ0v) is 9.63. The Bertz CT molecular complexity index is 322. The molecule has 2 heteroatoms. The van der Waals surface area contributed by atoms with Crippen LogP contribution in [0.4, 0.5) is 8.78 Å². The van der Waals surface area contributed by atoms with Gasteiger partial charge in [0.15, 0.2) is 0 Å². The van der Waals surface area contributed by atoms with E-state index in [0.29, 0.717) is 24.7 Å². The lowest BCUT2D eigenvalue weighted by atomic mass is 9.77. The number of benzene rings is 1. The third kappa shape index (κ3) is 2.60. The van der Waals surface area contributed by atoms with Crippen molar-refractivity contribution in [2.45, 2.75) is 44.4 Å². The van der Waals surface area contributed by atoms with E-state index in [1.54, 1.807) is 0 Å². The van der Waals surface area contributed by atoms with E-state index >= 15 is 0 Å². The van der Waals surface area contributed by atoms with Gasteiger partial charge in [0.25, 0.3) is 0 Å². The van der Waals surface area contributed by atoms with E-state index in [0.717, 1.165) is 0 Å². The molecular weight excluding hydrogens is 206 g/mol. The Kier molecular flexibility index (Phi) is 3.27. The molecule has 1 aliphatic carbocycles. The van der Waals surface area contributed by atoms with Crippen LogP contribution in [0.2, 0.25) is 0 Å². The van der Waals surface area contributed by atoms with Gasteiger partial charge in [-0.15, -0.1) is 0 Å². The van der Waals surface area contributed by atoms with Crippen molar-refractivity contribution in [2.75, 3.05) is 0 Å². The third-order valence-electron chi connectivity index (χ3n) is 3.79. The summed E-state index contributed by atoms with van der Waals surface area (Å²) in [5.41, 5.74) is 1.28. The van der Waals surface area contributed by atoms with Crippen LogP contribution >= 0.6 is 0 Å². The van der Waals surface area contributed by atoms with E-state index in [2.05, 4.69) is 19.1 Å². The summed E-state index contributed by atoms with van der Waals surface area (Å²) in [4.78, 5) is 0. The van der Waals surface area contributed by atoms with E-state index in [4.69, 9.17) is 0 Å². The van der Waals surface area contributed by atoms with Crippen molar-refractivity contribution in [3.63, 3.8) is 0 Å². The molecule has 1 atom stereocenters. The second-order valence-corrected chi connectivity index (χ2v) is 4.89. The normalized spacial score (nSPS) is 22.9. The minimum Gasteiger partial charge on any atom is -0.207 e. The lowest BCUT2D eigenvalue weighted by molar-refractivity contribution is -0.0479. The quantitative estimate of drug-likeness (QED) is 0.687. The Hall–Kier alpha value is -0.920. The van der Waals surface area contributed by atoms with Crippen LogP contribution < -0.4 is 0 Å². The van der Waals surface area contributed by atoms with Crippen LogP contribution in [0, 0.1) is 5.92 Å². The molecule has 88 valence electrons. The molecule has 1 aromatic rings. The topological polar surface area (TPSA) is 0 Å². The molecule has 2 rings (SSSR count). The molecule has 0 saturated heterocycles. The van der Waals surface area contributed by atoms with Crippen molar-refractivity contribution in [1.29, 1.82) is 0 Å². The number of alkyl halides is 2. The summed E-state index contributed by atoms with van der Waals surface area (Å²) in [5, 5.41) is 0. The molecule has 1 aliphatic rings. The molecule has 0 heterocycles. The third-order valence-corrected chi connectivity index (χ3v) is 3.79. The van der Waals surface area contributed by atoms with E-state index in [9.17, 15) is 8.78 Å². The smallest absolute Gasteiger partial charge is 0.207 e. The molecule has 1 aromatic carbocycles. The Labute approximate surface area is 95.7 Å². The summed E-state index contributed by atoms with van der Waals surface area (Å²) in [5.74, 6) is -1.59. The average molecular weight is 224 g/mol. The molecule has 0 nitrogen and oxygen atoms in total. The number of hydrogen-bond acceptors (Lipinski definition) is 0. The summed E-state index contributed by atoms with van der Waals surface area (Å²) >= 11 is 0. The summed E-state index contributed by atoms with van der Waals surface area (Å²) in [7, 11) is 0. The molecular formula is C14H18F2. The Morgan fingerprint density at radius 1 is 1.12 bits per heavy atom. The fraction of sp³-hybridized carbons (Fsp3) is 0.571. The highest BCUT2D eigenvalue weighted by Crippen LogP contribution is 2.41. The van der Waals surface area contributed by atoms with Crippen LogP contribution in [0.25, 0.3) is 0 Å². The summed E-state index contributed by atoms with van der Waals surface area (Å²) in [6.45, 7) is 2.16. The second kappa shape index (κ2) is 4.52. The highest BCUT2D eigenvalue weighted by atomic mass is 19.3. The van der Waals surface area contributed by atoms with Crippen LogP contribution in [0.15, 0.2) is 30.3 Å². The zero-order chi connectivity index (χ0) is 11.6. The van der Waals surface area contributed by atoms with Gasteiger partial charge in [-0.1, -0.05) is 37.3 Å². The number of rotatable bonds is 2. The molecule has 1 unspecified atom stereocenters. The molecule has 1 saturated carbocycles. The predicted octanol–water partition coefficient (Wildman–Crippen LogP) is 4.62. The van der Waals surface area contributed by atoms with Crippen LogP contribution in [-0.4, -0.2) is 5.92 Å². The molecule has 0 N–H and O–H groups in total. The number of halogens is 2. The Morgan fingerprint density at radius 2 is 1.69 bits per heavy atom. The Morgan fingerprint density at radius 3 is 2.25 bits per heavy atom. The summed E-state index contributed by atoms with van der Waals surface area (Å²) < 4.78 is 26.1. The largest absolute Gasteiger partial charge is 0.248 e. The van der Waals surface area contributed by atoms with Gasteiger partial charge in [-0.2, -0.15) is 0 Å². The van der Waals surface area contributed by atoms with Crippen molar-refractivity contribution >= 4 is 0 Å². The molecule has 0 amide bonds. The van der Waals surface area contributed by atoms with E-state index in [-0.39, 0.29) is 12.8 Å². The first kappa shape index (κ1) is 11.6. The van der Waals surface area contributed by atoms with E-state index < -0.39 is 5.92 Å². The average Bonchev–Trinajstić information content (AvgIpc) is 2.29. The van der Waals surface area contributed by atoms with Crippen LogP contribution in [0.5, 0.6) is 0 Å². The van der Waals surface area contributed by atoms with Crippen molar-refractivity contribution in [1.82, 2.24) is 0 Å². The van der Waals surface area contributed by atoms with Crippen molar-refractivity contribution in [2.24, 2.45) is 5.92 Å². The Balaban J connectivity index is 2.00. The second-order valence-electron chi connectivity index (χ2n) is 4.89. The van der Waals surface area contributed by atoms with Gasteiger partial charge in [-0.25, -0.2) is 8.78 Å². The monoisotopic (exact) mass is 224 g/mol. The molecule has 0 spiro atoms. The van der Waals surface area contributed by atoms with Crippen molar-refractivity contribution < 1.29 is 8.78 Å². The molecule has 1 fully saturated rings. The molecule has 0 radical (unpaired) electrons. The van der Waals surface area contributed by atoms with Gasteiger partial charge in [0.2, 0.25) is 5.92 Å². The number of hydrogen-bond donors (Lipinski definition) is 0. The highest BCUT2D eigenvalue weighted by molar-refractivity contribution is 5.19. The maximum absolute atomic E-state index is 13.0. The maximum Gasteiger partial charge on any atom is 0.248 e. The first-order chi connectivity index (χ1) is 7.58. The van der Waals surface area contributed by atoms with Gasteiger partial charge in [0.1, 0.15) is 0 Å². The van der Waals surface area contributed by atoms with Gasteiger partial charge in [-0.05, 0) is 30.2 Å². The van der Waals surface area contributed by atoms with Crippen LogP contribution in [-0.2, 0) is 0 Å². The van der Waals surface area contributed by atoms with Crippen molar-refractivity contribution in [3.8, 4) is 0 Å². The fourth-order valence-electron chi connectivity index (χ4n) is 2.59.